The molecule has 3 rings (SSSR count). The predicted molar refractivity (Wildman–Crippen MR) is 145 cm³/mol. The standard InChI is InChI=1S/C25H39N5O2.HI/c1-19-20(2)32-24(29-19)18-30-15-12-22(13-16-30)17-28-25(26-3)27-14-6-5-7-21-8-10-23(31-4)11-9-21;/h8-11,22H,5-7,12-18H2,1-4H3,(H2,26,27,28);1H. The minimum Gasteiger partial charge on any atom is -0.497 e. The van der Waals surface area contributed by atoms with Crippen LogP contribution in [0.4, 0.5) is 0 Å². The van der Waals surface area contributed by atoms with Gasteiger partial charge in [0.25, 0.3) is 0 Å². The molecule has 2 N–H and O–H groups in total. The number of methoxy groups -OCH3 is 1. The summed E-state index contributed by atoms with van der Waals surface area (Å²) < 4.78 is 10.9. The molecule has 0 bridgehead atoms. The fourth-order valence-corrected chi connectivity index (χ4v) is 4.06. The van der Waals surface area contributed by atoms with E-state index in [1.807, 2.05) is 33.0 Å². The summed E-state index contributed by atoms with van der Waals surface area (Å²) in [5.41, 5.74) is 2.35. The van der Waals surface area contributed by atoms with Crippen molar-refractivity contribution in [3.63, 3.8) is 0 Å². The molecule has 33 heavy (non-hydrogen) atoms. The third-order valence-electron chi connectivity index (χ3n) is 6.26. The highest BCUT2D eigenvalue weighted by Crippen LogP contribution is 2.19. The zero-order valence-electron chi connectivity index (χ0n) is 20.5. The molecular weight excluding hydrogens is 529 g/mol. The molecule has 1 aliphatic heterocycles. The van der Waals surface area contributed by atoms with Crippen LogP contribution in [0, 0.1) is 19.8 Å². The zero-order chi connectivity index (χ0) is 22.8. The highest BCUT2D eigenvalue weighted by Gasteiger charge is 2.21. The van der Waals surface area contributed by atoms with Crippen molar-refractivity contribution in [2.24, 2.45) is 10.9 Å². The summed E-state index contributed by atoms with van der Waals surface area (Å²) in [7, 11) is 3.54. The van der Waals surface area contributed by atoms with Crippen molar-refractivity contribution in [2.75, 3.05) is 40.3 Å². The maximum atomic E-state index is 5.73. The summed E-state index contributed by atoms with van der Waals surface area (Å²) in [6.45, 7) is 8.87. The number of likely N-dealkylation sites (tertiary alicyclic amines) is 1. The Morgan fingerprint density at radius 1 is 1.15 bits per heavy atom. The van der Waals surface area contributed by atoms with Crippen molar-refractivity contribution in [1.82, 2.24) is 20.5 Å². The number of unbranched alkanes of at least 4 members (excludes halogenated alkanes) is 1. The van der Waals surface area contributed by atoms with Crippen LogP contribution in [0.25, 0.3) is 0 Å². The Hall–Kier alpha value is -1.81. The van der Waals surface area contributed by atoms with E-state index in [9.17, 15) is 0 Å². The molecule has 0 radical (unpaired) electrons. The number of guanidine groups is 1. The molecule has 1 aromatic carbocycles. The topological polar surface area (TPSA) is 74.9 Å². The molecule has 1 aromatic heterocycles. The number of hydrogen-bond donors (Lipinski definition) is 2. The molecule has 2 heterocycles. The molecule has 184 valence electrons. The minimum atomic E-state index is 0. The number of halogens is 1. The molecular formula is C25H40IN5O2. The van der Waals surface area contributed by atoms with E-state index in [1.54, 1.807) is 7.11 Å². The van der Waals surface area contributed by atoms with Gasteiger partial charge in [0, 0.05) is 20.1 Å². The molecule has 1 saturated heterocycles. The van der Waals surface area contributed by atoms with E-state index in [2.05, 4.69) is 37.6 Å². The van der Waals surface area contributed by atoms with Gasteiger partial charge in [-0.2, -0.15) is 0 Å². The van der Waals surface area contributed by atoms with Crippen molar-refractivity contribution >= 4 is 29.9 Å². The smallest absolute Gasteiger partial charge is 0.208 e. The number of nitrogens with zero attached hydrogens (tertiary/aromatic N) is 3. The maximum Gasteiger partial charge on any atom is 0.208 e. The Morgan fingerprint density at radius 3 is 2.48 bits per heavy atom. The van der Waals surface area contributed by atoms with E-state index < -0.39 is 0 Å². The highest BCUT2D eigenvalue weighted by atomic mass is 127. The van der Waals surface area contributed by atoms with Gasteiger partial charge in [-0.3, -0.25) is 9.89 Å². The third kappa shape index (κ3) is 9.16. The van der Waals surface area contributed by atoms with Gasteiger partial charge in [-0.1, -0.05) is 12.1 Å². The van der Waals surface area contributed by atoms with E-state index in [1.165, 1.54) is 18.4 Å². The Labute approximate surface area is 215 Å². The largest absolute Gasteiger partial charge is 0.497 e. The van der Waals surface area contributed by atoms with Gasteiger partial charge >= 0.3 is 0 Å². The number of piperidine rings is 1. The molecule has 0 spiro atoms. The van der Waals surface area contributed by atoms with Crippen LogP contribution in [0.3, 0.4) is 0 Å². The first-order valence-electron chi connectivity index (χ1n) is 11.8. The van der Waals surface area contributed by atoms with Crippen molar-refractivity contribution in [3.05, 3.63) is 47.2 Å². The second-order valence-corrected chi connectivity index (χ2v) is 8.65. The predicted octanol–water partition coefficient (Wildman–Crippen LogP) is 4.32. The molecule has 0 unspecified atom stereocenters. The zero-order valence-corrected chi connectivity index (χ0v) is 22.9. The van der Waals surface area contributed by atoms with Gasteiger partial charge < -0.3 is 19.8 Å². The lowest BCUT2D eigenvalue weighted by molar-refractivity contribution is 0.164. The Balaban J connectivity index is 0.00000385. The van der Waals surface area contributed by atoms with Crippen molar-refractivity contribution < 1.29 is 9.15 Å². The van der Waals surface area contributed by atoms with Crippen LogP contribution >= 0.6 is 24.0 Å². The van der Waals surface area contributed by atoms with E-state index >= 15 is 0 Å². The first-order valence-corrected chi connectivity index (χ1v) is 11.8. The number of hydrogen-bond acceptors (Lipinski definition) is 5. The summed E-state index contributed by atoms with van der Waals surface area (Å²) in [5.74, 6) is 4.26. The number of rotatable bonds is 10. The van der Waals surface area contributed by atoms with Gasteiger partial charge in [-0.25, -0.2) is 4.98 Å². The number of aromatic nitrogens is 1. The molecule has 7 nitrogen and oxygen atoms in total. The summed E-state index contributed by atoms with van der Waals surface area (Å²) >= 11 is 0. The van der Waals surface area contributed by atoms with Gasteiger partial charge in [0.2, 0.25) is 5.89 Å². The number of ether oxygens (including phenoxy) is 1. The lowest BCUT2D eigenvalue weighted by atomic mass is 9.97. The minimum absolute atomic E-state index is 0. The van der Waals surface area contributed by atoms with Crippen LogP contribution < -0.4 is 15.4 Å². The third-order valence-corrected chi connectivity index (χ3v) is 6.26. The van der Waals surface area contributed by atoms with Crippen molar-refractivity contribution in [1.29, 1.82) is 0 Å². The van der Waals surface area contributed by atoms with Crippen LogP contribution in [0.15, 0.2) is 33.7 Å². The van der Waals surface area contributed by atoms with Crippen LogP contribution in [-0.2, 0) is 13.0 Å². The van der Waals surface area contributed by atoms with E-state index in [0.717, 1.165) is 81.0 Å². The molecule has 0 amide bonds. The SMILES string of the molecule is CN=C(NCCCCc1ccc(OC)cc1)NCC1CCN(Cc2nc(C)c(C)o2)CC1.I. The van der Waals surface area contributed by atoms with Gasteiger partial charge in [-0.15, -0.1) is 24.0 Å². The summed E-state index contributed by atoms with van der Waals surface area (Å²) in [5, 5.41) is 6.96. The van der Waals surface area contributed by atoms with E-state index in [4.69, 9.17) is 9.15 Å². The quantitative estimate of drug-likeness (QED) is 0.192. The molecule has 0 saturated carbocycles. The van der Waals surface area contributed by atoms with Crippen LogP contribution in [0.2, 0.25) is 0 Å². The number of aliphatic imine (C=N–C) groups is 1. The Bertz CT molecular complexity index is 825. The number of aryl methyl sites for hydroxylation is 3. The normalized spacial score (nSPS) is 15.2. The summed E-state index contributed by atoms with van der Waals surface area (Å²) in [4.78, 5) is 11.3. The molecule has 2 aromatic rings. The van der Waals surface area contributed by atoms with E-state index in [0.29, 0.717) is 5.92 Å². The molecule has 0 atom stereocenters. The van der Waals surface area contributed by atoms with Crippen LogP contribution in [0.1, 0.15) is 48.6 Å². The van der Waals surface area contributed by atoms with Crippen molar-refractivity contribution in [3.8, 4) is 5.75 Å². The fourth-order valence-electron chi connectivity index (χ4n) is 4.06. The van der Waals surface area contributed by atoms with E-state index in [-0.39, 0.29) is 24.0 Å². The number of oxazole rings is 1. The number of nitrogens with one attached hydrogen (secondary N) is 2. The Morgan fingerprint density at radius 2 is 1.88 bits per heavy atom. The Kier molecular flexibility index (Phi) is 12.0. The highest BCUT2D eigenvalue weighted by molar-refractivity contribution is 14.0. The van der Waals surface area contributed by atoms with Crippen LogP contribution in [-0.4, -0.2) is 56.2 Å². The van der Waals surface area contributed by atoms with Gasteiger partial charge in [-0.05, 0) is 82.7 Å². The average molecular weight is 570 g/mol. The summed E-state index contributed by atoms with van der Waals surface area (Å²) in [6, 6.07) is 8.34. The molecule has 0 aliphatic carbocycles. The lowest BCUT2D eigenvalue weighted by Gasteiger charge is -2.31. The first kappa shape index (κ1) is 27.4. The second-order valence-electron chi connectivity index (χ2n) is 8.65. The lowest BCUT2D eigenvalue weighted by Crippen LogP contribution is -2.43. The fraction of sp³-hybridized carbons (Fsp3) is 0.600. The first-order chi connectivity index (χ1) is 15.6. The second kappa shape index (κ2) is 14.5. The van der Waals surface area contributed by atoms with Crippen LogP contribution in [0.5, 0.6) is 5.75 Å². The molecule has 1 aliphatic rings. The van der Waals surface area contributed by atoms with Gasteiger partial charge in [0.1, 0.15) is 11.5 Å². The molecule has 1 fully saturated rings. The maximum absolute atomic E-state index is 5.73. The van der Waals surface area contributed by atoms with Gasteiger partial charge in [0.05, 0.1) is 19.3 Å². The van der Waals surface area contributed by atoms with Gasteiger partial charge in [0.15, 0.2) is 5.96 Å². The van der Waals surface area contributed by atoms with Crippen molar-refractivity contribution in [2.45, 2.75) is 52.5 Å². The number of benzene rings is 1. The monoisotopic (exact) mass is 569 g/mol. The summed E-state index contributed by atoms with van der Waals surface area (Å²) in [6.07, 6.45) is 5.72. The average Bonchev–Trinajstić information content (AvgIpc) is 3.13. The molecule has 8 heteroatoms.